The lowest BCUT2D eigenvalue weighted by atomic mass is 9.99. The number of hydrogen-bond acceptors (Lipinski definition) is 8. The van der Waals surface area contributed by atoms with Crippen LogP contribution in [0.4, 0.5) is 13.2 Å². The molecular weight excluding hydrogens is 509 g/mol. The Kier molecular flexibility index (Phi) is 8.97. The first-order valence-electron chi connectivity index (χ1n) is 11.8. The predicted octanol–water partition coefficient (Wildman–Crippen LogP) is 2.62. The van der Waals surface area contributed by atoms with Gasteiger partial charge in [0, 0.05) is 32.5 Å². The van der Waals surface area contributed by atoms with E-state index in [1.165, 1.54) is 35.3 Å². The zero-order chi connectivity index (χ0) is 27.3. The van der Waals surface area contributed by atoms with Gasteiger partial charge in [-0.25, -0.2) is 9.67 Å². The zero-order valence-electron chi connectivity index (χ0n) is 21.3. The summed E-state index contributed by atoms with van der Waals surface area (Å²) in [5, 5.41) is 4.42. The van der Waals surface area contributed by atoms with Crippen LogP contribution < -0.4 is 10.2 Å². The Morgan fingerprint density at radius 1 is 0.921 bits per heavy atom. The van der Waals surface area contributed by atoms with E-state index < -0.39 is 18.8 Å². The van der Waals surface area contributed by atoms with Gasteiger partial charge in [-0.1, -0.05) is 24.3 Å². The molecule has 1 aliphatic rings. The van der Waals surface area contributed by atoms with Crippen molar-refractivity contribution in [3.05, 3.63) is 60.4 Å². The number of hydrogen-bond donors (Lipinski definition) is 1. The van der Waals surface area contributed by atoms with Crippen LogP contribution in [0.1, 0.15) is 12.5 Å². The van der Waals surface area contributed by atoms with E-state index in [0.29, 0.717) is 18.1 Å². The van der Waals surface area contributed by atoms with Gasteiger partial charge in [0.15, 0.2) is 5.82 Å². The maximum Gasteiger partial charge on any atom is 0.573 e. The Bertz CT molecular complexity index is 1160. The van der Waals surface area contributed by atoms with E-state index in [9.17, 15) is 13.2 Å². The van der Waals surface area contributed by atoms with Crippen molar-refractivity contribution >= 4 is 0 Å². The predicted molar refractivity (Wildman–Crippen MR) is 127 cm³/mol. The number of halogens is 3. The van der Waals surface area contributed by atoms with Crippen LogP contribution >= 0.6 is 0 Å². The second kappa shape index (κ2) is 12.2. The Morgan fingerprint density at radius 3 is 2.18 bits per heavy atom. The van der Waals surface area contributed by atoms with Gasteiger partial charge in [0.2, 0.25) is 6.29 Å². The molecule has 206 valence electrons. The third-order valence-corrected chi connectivity index (χ3v) is 6.13. The van der Waals surface area contributed by atoms with Crippen molar-refractivity contribution in [1.82, 2.24) is 14.8 Å². The van der Waals surface area contributed by atoms with Crippen molar-refractivity contribution < 1.29 is 47.2 Å². The van der Waals surface area contributed by atoms with E-state index in [0.717, 1.165) is 11.1 Å². The quantitative estimate of drug-likeness (QED) is 0.393. The monoisotopic (exact) mass is 539 g/mol. The first-order valence-corrected chi connectivity index (χ1v) is 11.8. The van der Waals surface area contributed by atoms with E-state index in [1.54, 1.807) is 26.8 Å². The molecule has 1 saturated heterocycles. The number of ether oxygens (including phenoxy) is 5. The highest BCUT2D eigenvalue weighted by Gasteiger charge is 2.47. The Labute approximate surface area is 217 Å². The maximum absolute atomic E-state index is 12.4. The third kappa shape index (κ3) is 6.67. The number of aromatic nitrogens is 3. The molecule has 38 heavy (non-hydrogen) atoms. The first-order chi connectivity index (χ1) is 18.2. The van der Waals surface area contributed by atoms with Gasteiger partial charge in [-0.05, 0) is 31.2 Å². The fourth-order valence-corrected chi connectivity index (χ4v) is 4.27. The summed E-state index contributed by atoms with van der Waals surface area (Å²) in [5.74, 6) is 0.163. The molecule has 1 aliphatic heterocycles. The summed E-state index contributed by atoms with van der Waals surface area (Å²) in [7, 11) is 4.78. The molecule has 0 aliphatic carbocycles. The second-order valence-electron chi connectivity index (χ2n) is 8.57. The number of nitrogens with zero attached hydrogens (tertiary/aromatic N) is 3. The lowest BCUT2D eigenvalue weighted by Gasteiger charge is -2.42. The lowest BCUT2D eigenvalue weighted by Crippen LogP contribution is -2.84. The fourth-order valence-electron chi connectivity index (χ4n) is 4.27. The second-order valence-corrected chi connectivity index (χ2v) is 8.57. The average molecular weight is 540 g/mol. The van der Waals surface area contributed by atoms with Crippen LogP contribution in [0.2, 0.25) is 0 Å². The third-order valence-electron chi connectivity index (χ3n) is 6.13. The van der Waals surface area contributed by atoms with Crippen LogP contribution in [0.15, 0.2) is 54.9 Å². The van der Waals surface area contributed by atoms with Gasteiger partial charge < -0.3 is 23.7 Å². The molecule has 1 fully saturated rings. The summed E-state index contributed by atoms with van der Waals surface area (Å²) < 4.78 is 65.1. The molecule has 3 aromatic rings. The number of benzene rings is 2. The molecule has 2 N–H and O–H groups in total. The maximum atomic E-state index is 12.4. The summed E-state index contributed by atoms with van der Waals surface area (Å²) in [5.41, 5.74) is 3.98. The molecule has 2 aromatic carbocycles. The summed E-state index contributed by atoms with van der Waals surface area (Å²) in [6.45, 7) is 2.42. The number of nitrogens with two attached hydrogens (primary N) is 1. The average Bonchev–Trinajstić information content (AvgIpc) is 3.38. The van der Waals surface area contributed by atoms with Gasteiger partial charge in [0.05, 0.1) is 11.8 Å². The van der Waals surface area contributed by atoms with Gasteiger partial charge in [-0.15, -0.1) is 18.3 Å². The number of hydroxylamine groups is 1. The SMILES string of the molecule is COC1[C@H](C)O[C@@H](O[NH2+]Cc2ccc(-c3ncn(-c4ccc(OC(F)(F)F)cc4)n3)cc2)[C@H](OC)[C@@H]1OC. The van der Waals surface area contributed by atoms with Gasteiger partial charge in [-0.2, -0.15) is 10.3 Å². The topological polar surface area (TPSA) is 103 Å². The van der Waals surface area contributed by atoms with Crippen LogP contribution in [-0.4, -0.2) is 73.2 Å². The van der Waals surface area contributed by atoms with Crippen molar-refractivity contribution in [3.8, 4) is 22.8 Å². The van der Waals surface area contributed by atoms with Crippen LogP contribution in [0.25, 0.3) is 17.1 Å². The molecule has 2 heterocycles. The minimum absolute atomic E-state index is 0.243. The van der Waals surface area contributed by atoms with E-state index in [2.05, 4.69) is 14.8 Å². The highest BCUT2D eigenvalue weighted by molar-refractivity contribution is 5.55. The summed E-state index contributed by atoms with van der Waals surface area (Å²) >= 11 is 0. The molecule has 1 aromatic heterocycles. The number of quaternary nitrogens is 1. The zero-order valence-corrected chi connectivity index (χ0v) is 21.3. The Balaban J connectivity index is 1.33. The highest BCUT2D eigenvalue weighted by atomic mass is 19.4. The fraction of sp³-hybridized carbons (Fsp3) is 0.440. The van der Waals surface area contributed by atoms with Crippen LogP contribution in [0, 0.1) is 0 Å². The molecule has 0 radical (unpaired) electrons. The van der Waals surface area contributed by atoms with Gasteiger partial charge in [0.1, 0.15) is 36.9 Å². The molecule has 0 bridgehead atoms. The minimum atomic E-state index is -4.74. The van der Waals surface area contributed by atoms with E-state index in [1.807, 2.05) is 31.2 Å². The standard InChI is InChI=1S/C25H29F3N4O6/c1-15-20(33-2)21(34-3)22(35-4)24(36-15)38-30-13-16-5-7-17(8-6-16)23-29-14-32(31-23)18-9-11-19(12-10-18)37-25(26,27)28/h5-12,14-15,20-22,24,30H,13H2,1-4H3/p+1/t15-,20?,21+,22+,24-/m0/s1. The Morgan fingerprint density at radius 2 is 1.58 bits per heavy atom. The number of rotatable bonds is 10. The molecule has 1 unspecified atom stereocenters. The van der Waals surface area contributed by atoms with Crippen LogP contribution in [0.5, 0.6) is 5.75 Å². The van der Waals surface area contributed by atoms with Crippen LogP contribution in [0.3, 0.4) is 0 Å². The first kappa shape index (κ1) is 28.0. The smallest absolute Gasteiger partial charge is 0.406 e. The molecule has 10 nitrogen and oxygen atoms in total. The van der Waals surface area contributed by atoms with Gasteiger partial charge in [0.25, 0.3) is 0 Å². The van der Waals surface area contributed by atoms with E-state index >= 15 is 0 Å². The molecule has 0 saturated carbocycles. The van der Waals surface area contributed by atoms with Crippen molar-refractivity contribution in [1.29, 1.82) is 0 Å². The highest BCUT2D eigenvalue weighted by Crippen LogP contribution is 2.27. The molecule has 0 amide bonds. The largest absolute Gasteiger partial charge is 0.573 e. The number of methoxy groups -OCH3 is 3. The summed E-state index contributed by atoms with van der Waals surface area (Å²) in [6, 6.07) is 13.0. The molecule has 0 spiro atoms. The normalized spacial score (nSPS) is 23.9. The van der Waals surface area contributed by atoms with Crippen molar-refractivity contribution in [2.24, 2.45) is 0 Å². The summed E-state index contributed by atoms with van der Waals surface area (Å²) in [4.78, 5) is 10.2. The summed E-state index contributed by atoms with van der Waals surface area (Å²) in [6.07, 6.45) is -5.23. The molecule has 4 rings (SSSR count). The molecule has 13 heteroatoms. The minimum Gasteiger partial charge on any atom is -0.406 e. The lowest BCUT2D eigenvalue weighted by molar-refractivity contribution is -0.926. The van der Waals surface area contributed by atoms with Gasteiger partial charge in [-0.3, -0.25) is 0 Å². The van der Waals surface area contributed by atoms with Crippen molar-refractivity contribution in [3.63, 3.8) is 0 Å². The van der Waals surface area contributed by atoms with E-state index in [4.69, 9.17) is 23.8 Å². The van der Waals surface area contributed by atoms with Crippen molar-refractivity contribution in [2.75, 3.05) is 21.3 Å². The van der Waals surface area contributed by atoms with Gasteiger partial charge >= 0.3 is 6.36 Å². The van der Waals surface area contributed by atoms with Crippen molar-refractivity contribution in [2.45, 2.75) is 50.5 Å². The molecular formula is C25H30F3N4O6+. The number of alkyl halides is 3. The molecule has 5 atom stereocenters. The van der Waals surface area contributed by atoms with Crippen LogP contribution in [-0.2, 0) is 30.3 Å². The Hall–Kier alpha value is -3.07. The van der Waals surface area contributed by atoms with E-state index in [-0.39, 0.29) is 24.1 Å².